The second kappa shape index (κ2) is 8.05. The van der Waals surface area contributed by atoms with Crippen molar-refractivity contribution in [3.63, 3.8) is 0 Å². The zero-order valence-electron chi connectivity index (χ0n) is 17.7. The van der Waals surface area contributed by atoms with Crippen LogP contribution in [0.2, 0.25) is 0 Å². The molecule has 2 aromatic heterocycles. The van der Waals surface area contributed by atoms with Crippen LogP contribution in [0.5, 0.6) is 5.75 Å². The molecule has 5 rings (SSSR count). The number of nitrogens with one attached hydrogen (secondary N) is 1. The van der Waals surface area contributed by atoms with Crippen LogP contribution in [0.25, 0.3) is 11.4 Å². The first-order chi connectivity index (χ1) is 15.5. The molecule has 0 spiro atoms. The van der Waals surface area contributed by atoms with E-state index < -0.39 is 6.04 Å². The number of aromatic nitrogens is 4. The van der Waals surface area contributed by atoms with Gasteiger partial charge in [0.2, 0.25) is 0 Å². The second-order valence-corrected chi connectivity index (χ2v) is 7.72. The molecule has 0 amide bonds. The van der Waals surface area contributed by atoms with E-state index in [1.807, 2.05) is 41.8 Å². The molecule has 0 aliphatic carbocycles. The van der Waals surface area contributed by atoms with Crippen LogP contribution in [0.3, 0.4) is 0 Å². The Kier molecular flexibility index (Phi) is 5.07. The quantitative estimate of drug-likeness (QED) is 0.530. The molecule has 1 atom stereocenters. The van der Waals surface area contributed by atoms with Gasteiger partial charge in [-0.25, -0.2) is 14.4 Å². The lowest BCUT2D eigenvalue weighted by Gasteiger charge is -2.17. The molecule has 0 saturated carbocycles. The molecule has 0 fully saturated rings. The molecule has 0 saturated heterocycles. The number of fused-ring (bicyclic) bond motifs is 1. The van der Waals surface area contributed by atoms with Crippen molar-refractivity contribution in [2.45, 2.75) is 25.9 Å². The van der Waals surface area contributed by atoms with Crippen molar-refractivity contribution in [2.75, 3.05) is 7.11 Å². The van der Waals surface area contributed by atoms with Crippen molar-refractivity contribution >= 4 is 5.78 Å². The predicted molar refractivity (Wildman–Crippen MR) is 117 cm³/mol. The molecule has 0 radical (unpaired) electrons. The molecule has 1 unspecified atom stereocenters. The summed E-state index contributed by atoms with van der Waals surface area (Å²) in [6.45, 7) is 2.23. The van der Waals surface area contributed by atoms with E-state index in [0.29, 0.717) is 29.2 Å². The number of nitrogens with zero attached hydrogens (tertiary/aromatic N) is 4. The van der Waals surface area contributed by atoms with Gasteiger partial charge in [-0.3, -0.25) is 9.36 Å². The van der Waals surface area contributed by atoms with Gasteiger partial charge in [-0.15, -0.1) is 0 Å². The predicted octanol–water partition coefficient (Wildman–Crippen LogP) is 3.93. The van der Waals surface area contributed by atoms with Crippen molar-refractivity contribution in [3.05, 3.63) is 89.8 Å². The van der Waals surface area contributed by atoms with Gasteiger partial charge in [-0.05, 0) is 43.3 Å². The number of carbonyl (C=O) groups is 1. The highest BCUT2D eigenvalue weighted by Gasteiger charge is 2.29. The lowest BCUT2D eigenvalue weighted by Crippen LogP contribution is -2.22. The number of benzene rings is 2. The van der Waals surface area contributed by atoms with Crippen molar-refractivity contribution in [1.29, 1.82) is 0 Å². The second-order valence-electron chi connectivity index (χ2n) is 7.72. The molecular formula is C24H22FN5O2. The standard InChI is InChI=1S/C24H22FN5O2/c1-15-26-9-10-29(15)17-5-8-19(20(25)11-17)21-12-23(31)24-22(13-27-21)28-14-30(24)16-3-6-18(32-2)7-4-16/h3-11,14,21,27H,12-13H2,1-2H3. The third kappa shape index (κ3) is 3.48. The van der Waals surface area contributed by atoms with E-state index in [-0.39, 0.29) is 18.0 Å². The molecule has 7 nitrogen and oxygen atoms in total. The maximum atomic E-state index is 15.1. The Labute approximate surface area is 184 Å². The van der Waals surface area contributed by atoms with Crippen LogP contribution in [-0.4, -0.2) is 32.0 Å². The van der Waals surface area contributed by atoms with Crippen LogP contribution in [0, 0.1) is 12.7 Å². The minimum absolute atomic E-state index is 0.0859. The molecule has 1 aliphatic rings. The summed E-state index contributed by atoms with van der Waals surface area (Å²) in [4.78, 5) is 21.8. The Bertz CT molecular complexity index is 1290. The summed E-state index contributed by atoms with van der Waals surface area (Å²) in [6.07, 6.45) is 5.25. The highest BCUT2D eigenvalue weighted by Crippen LogP contribution is 2.29. The number of methoxy groups -OCH3 is 1. The van der Waals surface area contributed by atoms with E-state index >= 15 is 4.39 Å². The monoisotopic (exact) mass is 431 g/mol. The maximum absolute atomic E-state index is 15.1. The summed E-state index contributed by atoms with van der Waals surface area (Å²) in [5, 5.41) is 3.30. The lowest BCUT2D eigenvalue weighted by molar-refractivity contribution is 0.0966. The number of ether oxygens (including phenoxy) is 1. The van der Waals surface area contributed by atoms with Gasteiger partial charge in [0.1, 0.15) is 29.4 Å². The number of halogens is 1. The van der Waals surface area contributed by atoms with E-state index in [2.05, 4.69) is 15.3 Å². The van der Waals surface area contributed by atoms with Crippen molar-refractivity contribution in [3.8, 4) is 17.1 Å². The van der Waals surface area contributed by atoms with Crippen LogP contribution >= 0.6 is 0 Å². The highest BCUT2D eigenvalue weighted by atomic mass is 19.1. The minimum Gasteiger partial charge on any atom is -0.497 e. The summed E-state index contributed by atoms with van der Waals surface area (Å²) < 4.78 is 23.9. The third-order valence-corrected chi connectivity index (χ3v) is 5.83. The number of imidazole rings is 2. The van der Waals surface area contributed by atoms with Crippen LogP contribution in [-0.2, 0) is 6.54 Å². The molecule has 2 aromatic carbocycles. The number of hydrogen-bond acceptors (Lipinski definition) is 5. The van der Waals surface area contributed by atoms with Crippen LogP contribution in [0.1, 0.15) is 40.0 Å². The molecule has 3 heterocycles. The Morgan fingerprint density at radius 3 is 2.56 bits per heavy atom. The highest BCUT2D eigenvalue weighted by molar-refractivity contribution is 5.97. The largest absolute Gasteiger partial charge is 0.497 e. The fourth-order valence-corrected chi connectivity index (χ4v) is 4.14. The van der Waals surface area contributed by atoms with Crippen LogP contribution in [0.4, 0.5) is 4.39 Å². The molecule has 4 aromatic rings. The average molecular weight is 431 g/mol. The van der Waals surface area contributed by atoms with E-state index in [0.717, 1.165) is 17.3 Å². The van der Waals surface area contributed by atoms with Gasteiger partial charge in [0.05, 0.1) is 12.8 Å². The fraction of sp³-hybridized carbons (Fsp3) is 0.208. The summed E-state index contributed by atoms with van der Waals surface area (Å²) in [6, 6.07) is 12.0. The molecule has 1 aliphatic heterocycles. The number of ketones is 1. The fourth-order valence-electron chi connectivity index (χ4n) is 4.14. The van der Waals surface area contributed by atoms with Crippen LogP contribution in [0.15, 0.2) is 61.2 Å². The Morgan fingerprint density at radius 2 is 1.88 bits per heavy atom. The number of Topliss-reactive ketones (excluding diaryl/α,β-unsaturated/α-hetero) is 1. The minimum atomic E-state index is -0.445. The first-order valence-corrected chi connectivity index (χ1v) is 10.3. The van der Waals surface area contributed by atoms with Gasteiger partial charge in [0.25, 0.3) is 0 Å². The maximum Gasteiger partial charge on any atom is 0.183 e. The molecule has 1 N–H and O–H groups in total. The van der Waals surface area contributed by atoms with E-state index in [1.165, 1.54) is 6.07 Å². The average Bonchev–Trinajstić information content (AvgIpc) is 3.39. The SMILES string of the molecule is COc1ccc(-n2cnc3c2C(=O)CC(c2ccc(-n4ccnc4C)cc2F)NC3)cc1. The smallest absolute Gasteiger partial charge is 0.183 e. The molecule has 32 heavy (non-hydrogen) atoms. The van der Waals surface area contributed by atoms with Crippen molar-refractivity contribution < 1.29 is 13.9 Å². The molecule has 162 valence electrons. The Balaban J connectivity index is 1.43. The van der Waals surface area contributed by atoms with Gasteiger partial charge in [0.15, 0.2) is 5.78 Å². The van der Waals surface area contributed by atoms with Crippen molar-refractivity contribution in [1.82, 2.24) is 24.4 Å². The Morgan fingerprint density at radius 1 is 1.09 bits per heavy atom. The third-order valence-electron chi connectivity index (χ3n) is 5.83. The number of rotatable bonds is 4. The lowest BCUT2D eigenvalue weighted by atomic mass is 10.00. The van der Waals surface area contributed by atoms with Gasteiger partial charge < -0.3 is 14.6 Å². The Hall–Kier alpha value is -3.78. The molecule has 0 bridgehead atoms. The van der Waals surface area contributed by atoms with E-state index in [1.54, 1.807) is 36.5 Å². The van der Waals surface area contributed by atoms with Crippen molar-refractivity contribution in [2.24, 2.45) is 0 Å². The summed E-state index contributed by atoms with van der Waals surface area (Å²) in [5.41, 5.74) is 3.14. The first kappa shape index (κ1) is 20.1. The zero-order valence-corrected chi connectivity index (χ0v) is 17.7. The van der Waals surface area contributed by atoms with Gasteiger partial charge >= 0.3 is 0 Å². The number of hydrogen-bond donors (Lipinski definition) is 1. The molecule has 8 heteroatoms. The molecular weight excluding hydrogens is 409 g/mol. The number of carbonyl (C=O) groups excluding carboxylic acids is 1. The van der Waals surface area contributed by atoms with Crippen LogP contribution < -0.4 is 10.1 Å². The van der Waals surface area contributed by atoms with E-state index in [4.69, 9.17) is 4.74 Å². The van der Waals surface area contributed by atoms with Gasteiger partial charge in [-0.2, -0.15) is 0 Å². The van der Waals surface area contributed by atoms with Gasteiger partial charge in [-0.1, -0.05) is 6.07 Å². The normalized spacial score (nSPS) is 16.0. The topological polar surface area (TPSA) is 74.0 Å². The number of aryl methyl sites for hydroxylation is 1. The summed E-state index contributed by atoms with van der Waals surface area (Å²) in [7, 11) is 1.61. The zero-order chi connectivity index (χ0) is 22.2. The first-order valence-electron chi connectivity index (χ1n) is 10.3. The van der Waals surface area contributed by atoms with Gasteiger partial charge in [0, 0.05) is 48.3 Å². The van der Waals surface area contributed by atoms with E-state index in [9.17, 15) is 4.79 Å². The summed E-state index contributed by atoms with van der Waals surface area (Å²) >= 11 is 0. The summed E-state index contributed by atoms with van der Waals surface area (Å²) in [5.74, 6) is 1.06.